The van der Waals surface area contributed by atoms with Crippen LogP contribution in [0.5, 0.6) is 5.75 Å². The van der Waals surface area contributed by atoms with Gasteiger partial charge in [-0.3, -0.25) is 34.5 Å². The Morgan fingerprint density at radius 2 is 1.83 bits per heavy atom. The second-order valence-corrected chi connectivity index (χ2v) is 14.0. The van der Waals surface area contributed by atoms with E-state index < -0.39 is 36.3 Å². The number of pyridine rings is 2. The van der Waals surface area contributed by atoms with Crippen molar-refractivity contribution in [2.24, 2.45) is 7.05 Å². The normalized spacial score (nSPS) is 21.3. The second kappa shape index (κ2) is 14.4. The van der Waals surface area contributed by atoms with Crippen LogP contribution in [-0.4, -0.2) is 95.5 Å². The van der Waals surface area contributed by atoms with E-state index in [4.69, 9.17) is 16.3 Å². The van der Waals surface area contributed by atoms with E-state index in [9.17, 15) is 14.4 Å². The van der Waals surface area contributed by atoms with Crippen LogP contribution in [0.25, 0.3) is 21.9 Å². The topological polar surface area (TPSA) is 112 Å². The first kappa shape index (κ1) is 35.7. The van der Waals surface area contributed by atoms with Crippen LogP contribution in [0.15, 0.2) is 59.8 Å². The highest BCUT2D eigenvalue weighted by atomic mass is 35.5. The van der Waals surface area contributed by atoms with E-state index in [0.29, 0.717) is 77.6 Å². The molecule has 52 heavy (non-hydrogen) atoms. The number of imide groups is 1. The van der Waals surface area contributed by atoms with Crippen molar-refractivity contribution in [3.05, 3.63) is 81.7 Å². The molecule has 0 bridgehead atoms. The van der Waals surface area contributed by atoms with E-state index in [1.165, 1.54) is 23.9 Å². The molecular formula is C37H39ClF3N7O4. The number of aromatic nitrogens is 2. The maximum atomic E-state index is 15.9. The number of halogens is 4. The number of piperidine rings is 2. The first-order valence-electron chi connectivity index (χ1n) is 17.2. The minimum atomic E-state index is -3.00. The van der Waals surface area contributed by atoms with Crippen molar-refractivity contribution in [2.45, 2.75) is 43.8 Å². The number of likely N-dealkylation sites (tertiary alicyclic amines) is 1. The smallest absolute Gasteiger partial charge is 0.275 e. The van der Waals surface area contributed by atoms with Crippen LogP contribution in [0.4, 0.5) is 24.5 Å². The second-order valence-electron chi connectivity index (χ2n) is 13.6. The van der Waals surface area contributed by atoms with Crippen molar-refractivity contribution in [1.29, 1.82) is 0 Å². The lowest BCUT2D eigenvalue weighted by molar-refractivity contribution is -0.133. The summed E-state index contributed by atoms with van der Waals surface area (Å²) in [5.41, 5.74) is 2.71. The number of methoxy groups -OCH3 is 1. The monoisotopic (exact) mass is 737 g/mol. The van der Waals surface area contributed by atoms with Crippen LogP contribution in [0, 0.1) is 5.82 Å². The Kier molecular flexibility index (Phi) is 9.89. The van der Waals surface area contributed by atoms with Gasteiger partial charge in [0.05, 0.1) is 30.8 Å². The maximum absolute atomic E-state index is 15.9. The summed E-state index contributed by atoms with van der Waals surface area (Å²) in [6, 6.07) is 8.39. The molecule has 2 N–H and O–H groups in total. The Morgan fingerprint density at radius 1 is 1.04 bits per heavy atom. The van der Waals surface area contributed by atoms with Crippen LogP contribution < -0.4 is 25.8 Å². The van der Waals surface area contributed by atoms with Gasteiger partial charge in [0.2, 0.25) is 11.8 Å². The number of fused-ring (bicyclic) bond motifs is 1. The average molecular weight is 738 g/mol. The third-order valence-corrected chi connectivity index (χ3v) is 10.7. The quantitative estimate of drug-likeness (QED) is 0.250. The van der Waals surface area contributed by atoms with Crippen LogP contribution in [0.1, 0.15) is 24.8 Å². The number of benzene rings is 2. The predicted molar refractivity (Wildman–Crippen MR) is 193 cm³/mol. The molecule has 0 spiro atoms. The zero-order valence-electron chi connectivity index (χ0n) is 28.8. The Bertz CT molecular complexity index is 2090. The molecule has 2 amide bonds. The molecule has 11 nitrogen and oxygen atoms in total. The Balaban J connectivity index is 0.985. The van der Waals surface area contributed by atoms with Crippen molar-refractivity contribution >= 4 is 45.6 Å². The summed E-state index contributed by atoms with van der Waals surface area (Å²) in [7, 11) is 3.18. The van der Waals surface area contributed by atoms with Gasteiger partial charge in [0.1, 0.15) is 17.6 Å². The van der Waals surface area contributed by atoms with Crippen molar-refractivity contribution < 1.29 is 27.5 Å². The number of hydrogen-bond donors (Lipinski definition) is 2. The fraction of sp³-hybridized carbons (Fsp3) is 0.405. The van der Waals surface area contributed by atoms with Gasteiger partial charge in [0.25, 0.3) is 11.5 Å². The number of anilines is 2. The molecule has 5 heterocycles. The molecule has 0 radical (unpaired) electrons. The lowest BCUT2D eigenvalue weighted by Crippen LogP contribution is -2.61. The predicted octanol–water partition coefficient (Wildman–Crippen LogP) is 4.65. The third-order valence-electron chi connectivity index (χ3n) is 10.3. The minimum Gasteiger partial charge on any atom is -0.496 e. The zero-order valence-corrected chi connectivity index (χ0v) is 29.6. The summed E-state index contributed by atoms with van der Waals surface area (Å²) in [5.74, 6) is -3.79. The van der Waals surface area contributed by atoms with Gasteiger partial charge in [0, 0.05) is 93.2 Å². The van der Waals surface area contributed by atoms with Crippen LogP contribution in [0.3, 0.4) is 0 Å². The Morgan fingerprint density at radius 3 is 2.54 bits per heavy atom. The highest BCUT2D eigenvalue weighted by Gasteiger charge is 2.48. The molecular weight excluding hydrogens is 699 g/mol. The Hall–Kier alpha value is -4.66. The fourth-order valence-corrected chi connectivity index (χ4v) is 7.88. The number of aryl methyl sites for hydroxylation is 1. The van der Waals surface area contributed by atoms with Gasteiger partial charge in [-0.15, -0.1) is 0 Å². The molecule has 3 aliphatic rings. The molecule has 15 heteroatoms. The Labute approximate surface area is 303 Å². The lowest BCUT2D eigenvalue weighted by atomic mass is 9.96. The largest absolute Gasteiger partial charge is 0.496 e. The highest BCUT2D eigenvalue weighted by Crippen LogP contribution is 2.39. The molecule has 2 aromatic carbocycles. The maximum Gasteiger partial charge on any atom is 0.275 e. The van der Waals surface area contributed by atoms with Crippen molar-refractivity contribution in [2.75, 3.05) is 56.6 Å². The molecule has 7 rings (SSSR count). The number of amides is 2. The first-order chi connectivity index (χ1) is 24.9. The van der Waals surface area contributed by atoms with E-state index in [1.807, 2.05) is 11.0 Å². The van der Waals surface area contributed by atoms with Gasteiger partial charge in [-0.2, -0.15) is 0 Å². The van der Waals surface area contributed by atoms with Crippen LogP contribution >= 0.6 is 11.6 Å². The summed E-state index contributed by atoms with van der Waals surface area (Å²) in [6.45, 7) is 1.62. The van der Waals surface area contributed by atoms with E-state index in [-0.39, 0.29) is 30.9 Å². The van der Waals surface area contributed by atoms with Gasteiger partial charge in [-0.25, -0.2) is 13.2 Å². The van der Waals surface area contributed by atoms with Crippen LogP contribution in [-0.2, 0) is 23.2 Å². The fourth-order valence-electron chi connectivity index (χ4n) is 7.61. The molecule has 3 aliphatic heterocycles. The van der Waals surface area contributed by atoms with Gasteiger partial charge in [-0.1, -0.05) is 11.6 Å². The minimum absolute atomic E-state index is 0.171. The summed E-state index contributed by atoms with van der Waals surface area (Å²) in [5, 5.41) is 6.82. The van der Waals surface area contributed by atoms with Crippen molar-refractivity contribution in [1.82, 2.24) is 24.7 Å². The number of hydrogen-bond acceptors (Lipinski definition) is 9. The number of alkyl halides is 2. The van der Waals surface area contributed by atoms with E-state index in [1.54, 1.807) is 53.5 Å². The number of carbonyl (C=O) groups excluding carboxylic acids is 2. The molecule has 3 fully saturated rings. The average Bonchev–Trinajstić information content (AvgIpc) is 3.12. The molecule has 0 saturated carbocycles. The molecule has 0 unspecified atom stereocenters. The standard InChI is InChI=1S/C37H39ClF3N7O4/c1-45-19-26(24-7-9-42-18-25(24)36(45)51)22-15-28(38)27(32(16-22)52-2)20-46-10-8-33(37(40,41)21-46)48-13-11-47(12-14-48)31-5-3-23(17-29(31)39)43-30-4-6-34(49)44-35(30)50/h3,5,7,9,15-19,30,33,43H,4,6,8,10-14,20-21H2,1-2H3,(H,44,49,50)/t30-,33+/m1/s1. The van der Waals surface area contributed by atoms with Crippen molar-refractivity contribution in [3.63, 3.8) is 0 Å². The van der Waals surface area contributed by atoms with Gasteiger partial charge in [-0.05, 0) is 60.2 Å². The number of rotatable bonds is 8. The lowest BCUT2D eigenvalue weighted by Gasteiger charge is -2.46. The first-order valence-corrected chi connectivity index (χ1v) is 17.6. The van der Waals surface area contributed by atoms with Crippen LogP contribution in [0.2, 0.25) is 5.02 Å². The third kappa shape index (κ3) is 7.06. The summed E-state index contributed by atoms with van der Waals surface area (Å²) in [4.78, 5) is 45.6. The molecule has 4 aromatic rings. The van der Waals surface area contributed by atoms with E-state index in [0.717, 1.165) is 11.1 Å². The number of carbonyl (C=O) groups is 2. The number of ether oxygens (including phenoxy) is 1. The van der Waals surface area contributed by atoms with Gasteiger partial charge >= 0.3 is 0 Å². The molecule has 0 aliphatic carbocycles. The van der Waals surface area contributed by atoms with E-state index in [2.05, 4.69) is 15.6 Å². The number of nitrogens with one attached hydrogen (secondary N) is 2. The number of nitrogens with zero attached hydrogens (tertiary/aromatic N) is 5. The van der Waals surface area contributed by atoms with E-state index >= 15 is 13.2 Å². The highest BCUT2D eigenvalue weighted by molar-refractivity contribution is 6.32. The molecule has 2 aromatic heterocycles. The van der Waals surface area contributed by atoms with Gasteiger partial charge in [0.15, 0.2) is 0 Å². The summed E-state index contributed by atoms with van der Waals surface area (Å²) >= 11 is 6.82. The zero-order chi connectivity index (χ0) is 36.7. The van der Waals surface area contributed by atoms with Crippen molar-refractivity contribution in [3.8, 4) is 16.9 Å². The number of piperazine rings is 1. The SMILES string of the molecule is COc1cc(-c2cn(C)c(=O)c3cnccc23)cc(Cl)c1CN1CC[C@H](N2CCN(c3ccc(N[C@@H]4CCC(=O)NC4=O)cc3F)CC2)C(F)(F)C1. The van der Waals surface area contributed by atoms with Gasteiger partial charge < -0.3 is 19.5 Å². The molecule has 3 saturated heterocycles. The summed E-state index contributed by atoms with van der Waals surface area (Å²) in [6.07, 6.45) is 5.66. The molecule has 2 atom stereocenters. The summed E-state index contributed by atoms with van der Waals surface area (Å²) < 4.78 is 54.1. The molecule has 274 valence electrons.